The monoisotopic (exact) mass is 447 g/mol. The summed E-state index contributed by atoms with van der Waals surface area (Å²) in [6.45, 7) is 13.0. The molecule has 1 atom stereocenters. The Labute approximate surface area is 189 Å². The quantitative estimate of drug-likeness (QED) is 0.560. The van der Waals surface area contributed by atoms with Crippen molar-refractivity contribution in [3.05, 3.63) is 21.7 Å². The van der Waals surface area contributed by atoms with Crippen LogP contribution in [0.4, 0.5) is 9.80 Å². The molecule has 1 unspecified atom stereocenters. The average molecular weight is 448 g/mol. The molecule has 1 aliphatic rings. The number of aryl methyl sites for hydroxylation is 2. The molecule has 8 heteroatoms. The van der Waals surface area contributed by atoms with Crippen LogP contribution >= 0.6 is 11.3 Å². The molecule has 0 fully saturated rings. The van der Waals surface area contributed by atoms with Gasteiger partial charge in [-0.3, -0.25) is 14.7 Å². The van der Waals surface area contributed by atoms with Crippen LogP contribution in [0.2, 0.25) is 0 Å². The van der Waals surface area contributed by atoms with Gasteiger partial charge in [0.15, 0.2) is 0 Å². The molecule has 0 bridgehead atoms. The summed E-state index contributed by atoms with van der Waals surface area (Å²) in [4.78, 5) is 33.5. The Morgan fingerprint density at radius 3 is 2.77 bits per heavy atom. The number of carbonyl (C=O) groups is 1. The minimum absolute atomic E-state index is 0.0306. The Morgan fingerprint density at radius 2 is 2.03 bits per heavy atom. The predicted octanol–water partition coefficient (Wildman–Crippen LogP) is 4.37. The molecule has 172 valence electrons. The van der Waals surface area contributed by atoms with Gasteiger partial charge >= 0.3 is 6.03 Å². The number of nitrogens with zero attached hydrogens (tertiary/aromatic N) is 3. The first-order valence-corrected chi connectivity index (χ1v) is 12.6. The lowest BCUT2D eigenvalue weighted by atomic mass is 10.0. The Bertz CT molecular complexity index is 952. The molecule has 3 heterocycles. The molecule has 0 spiro atoms. The molecular weight excluding hydrogens is 410 g/mol. The van der Waals surface area contributed by atoms with Crippen molar-refractivity contribution in [1.82, 2.24) is 19.8 Å². The molecule has 2 amide bonds. The van der Waals surface area contributed by atoms with Crippen LogP contribution in [0.15, 0.2) is 4.79 Å². The van der Waals surface area contributed by atoms with E-state index in [2.05, 4.69) is 36.3 Å². The van der Waals surface area contributed by atoms with Gasteiger partial charge in [0.1, 0.15) is 15.7 Å². The molecule has 0 aromatic carbocycles. The molecule has 1 aliphatic heterocycles. The molecule has 2 aromatic rings. The number of thiophene rings is 1. The molecule has 0 radical (unpaired) electrons. The second-order valence-electron chi connectivity index (χ2n) is 8.68. The maximum atomic E-state index is 13.1. The molecule has 0 saturated carbocycles. The highest BCUT2D eigenvalue weighted by Crippen LogP contribution is 2.32. The zero-order valence-electron chi connectivity index (χ0n) is 19.4. The lowest BCUT2D eigenvalue weighted by Gasteiger charge is -2.19. The highest BCUT2D eigenvalue weighted by atomic mass is 32.1. The number of unbranched alkanes of at least 4 members (excludes halogenated alkanes) is 1. The third-order valence-corrected chi connectivity index (χ3v) is 7.38. The zero-order chi connectivity index (χ0) is 22.4. The standard InChI is InChI=1S/C23H37N5O2S/c1-5-7-13-27(6-2)14-8-12-24-23(30)26-20-17(4)19-21(31-20)25-18-10-9-16(3)11-15-28(18)22(19)29/h16H,5-15H2,1-4H3,(H2,24,26,30). The second-order valence-corrected chi connectivity index (χ2v) is 9.68. The number of hydrogen-bond donors (Lipinski definition) is 2. The summed E-state index contributed by atoms with van der Waals surface area (Å²) in [5.41, 5.74) is 0.847. The fourth-order valence-corrected chi connectivity index (χ4v) is 5.22. The molecular formula is C23H37N5O2S. The van der Waals surface area contributed by atoms with Crippen molar-refractivity contribution in [3.63, 3.8) is 0 Å². The number of urea groups is 1. The van der Waals surface area contributed by atoms with Gasteiger partial charge in [0.05, 0.1) is 5.39 Å². The van der Waals surface area contributed by atoms with Crippen LogP contribution in [-0.2, 0) is 13.0 Å². The van der Waals surface area contributed by atoms with Crippen molar-refractivity contribution in [2.75, 3.05) is 31.5 Å². The Hall–Kier alpha value is -1.93. The normalized spacial score (nSPS) is 16.4. The highest BCUT2D eigenvalue weighted by molar-refractivity contribution is 7.22. The van der Waals surface area contributed by atoms with Gasteiger partial charge in [0.2, 0.25) is 0 Å². The summed E-state index contributed by atoms with van der Waals surface area (Å²) in [6.07, 6.45) is 6.23. The van der Waals surface area contributed by atoms with Crippen LogP contribution in [0.25, 0.3) is 10.2 Å². The van der Waals surface area contributed by atoms with Gasteiger partial charge in [0.25, 0.3) is 5.56 Å². The molecule has 31 heavy (non-hydrogen) atoms. The smallest absolute Gasteiger partial charge is 0.319 e. The van der Waals surface area contributed by atoms with E-state index in [1.54, 1.807) is 0 Å². The van der Waals surface area contributed by atoms with Gasteiger partial charge in [-0.15, -0.1) is 0 Å². The minimum Gasteiger partial charge on any atom is -0.338 e. The lowest BCUT2D eigenvalue weighted by Crippen LogP contribution is -2.32. The summed E-state index contributed by atoms with van der Waals surface area (Å²) in [7, 11) is 0. The largest absolute Gasteiger partial charge is 0.338 e. The second kappa shape index (κ2) is 11.1. The van der Waals surface area contributed by atoms with E-state index in [0.29, 0.717) is 22.8 Å². The first-order valence-electron chi connectivity index (χ1n) is 11.7. The number of aromatic nitrogens is 2. The summed E-state index contributed by atoms with van der Waals surface area (Å²) < 4.78 is 1.84. The van der Waals surface area contributed by atoms with Crippen LogP contribution in [0.5, 0.6) is 0 Å². The van der Waals surface area contributed by atoms with Gasteiger partial charge in [-0.1, -0.05) is 38.5 Å². The van der Waals surface area contributed by atoms with Crippen LogP contribution in [0.3, 0.4) is 0 Å². The van der Waals surface area contributed by atoms with E-state index >= 15 is 0 Å². The van der Waals surface area contributed by atoms with Crippen LogP contribution in [0, 0.1) is 12.8 Å². The number of anilines is 1. The van der Waals surface area contributed by atoms with E-state index in [4.69, 9.17) is 4.98 Å². The number of rotatable bonds is 9. The van der Waals surface area contributed by atoms with E-state index < -0.39 is 0 Å². The molecule has 0 saturated heterocycles. The van der Waals surface area contributed by atoms with Crippen LogP contribution in [-0.4, -0.2) is 46.7 Å². The molecule has 2 aromatic heterocycles. The SMILES string of the molecule is CCCCN(CC)CCCNC(=O)Nc1sc2nc3n(c(=O)c2c1C)CCC(C)CC3. The number of fused-ring (bicyclic) bond motifs is 2. The summed E-state index contributed by atoms with van der Waals surface area (Å²) in [5.74, 6) is 1.49. The van der Waals surface area contributed by atoms with E-state index in [1.165, 1.54) is 24.2 Å². The van der Waals surface area contributed by atoms with E-state index in [1.807, 2.05) is 11.5 Å². The summed E-state index contributed by atoms with van der Waals surface area (Å²) >= 11 is 1.40. The van der Waals surface area contributed by atoms with Gasteiger partial charge in [-0.25, -0.2) is 9.78 Å². The lowest BCUT2D eigenvalue weighted by molar-refractivity contribution is 0.249. The van der Waals surface area contributed by atoms with Crippen molar-refractivity contribution in [2.24, 2.45) is 5.92 Å². The summed E-state index contributed by atoms with van der Waals surface area (Å²) in [5, 5.41) is 7.25. The van der Waals surface area contributed by atoms with Gasteiger partial charge in [-0.05, 0) is 63.7 Å². The number of nitrogens with one attached hydrogen (secondary N) is 2. The van der Waals surface area contributed by atoms with Crippen molar-refractivity contribution in [1.29, 1.82) is 0 Å². The molecule has 2 N–H and O–H groups in total. The van der Waals surface area contributed by atoms with Crippen molar-refractivity contribution < 1.29 is 4.79 Å². The fourth-order valence-electron chi connectivity index (χ4n) is 4.13. The number of amides is 2. The van der Waals surface area contributed by atoms with Crippen molar-refractivity contribution in [2.45, 2.75) is 72.8 Å². The van der Waals surface area contributed by atoms with Gasteiger partial charge < -0.3 is 10.2 Å². The van der Waals surface area contributed by atoms with Crippen molar-refractivity contribution in [3.8, 4) is 0 Å². The molecule has 7 nitrogen and oxygen atoms in total. The van der Waals surface area contributed by atoms with Gasteiger partial charge in [0, 0.05) is 19.5 Å². The van der Waals surface area contributed by atoms with E-state index in [-0.39, 0.29) is 11.6 Å². The first-order chi connectivity index (χ1) is 14.9. The van der Waals surface area contributed by atoms with E-state index in [0.717, 1.165) is 68.1 Å². The Morgan fingerprint density at radius 1 is 1.26 bits per heavy atom. The molecule has 0 aliphatic carbocycles. The van der Waals surface area contributed by atoms with E-state index in [9.17, 15) is 9.59 Å². The third kappa shape index (κ3) is 5.86. The van der Waals surface area contributed by atoms with Crippen LogP contribution in [0.1, 0.15) is 64.3 Å². The maximum Gasteiger partial charge on any atom is 0.319 e. The fraction of sp³-hybridized carbons (Fsp3) is 0.696. The predicted molar refractivity (Wildman–Crippen MR) is 129 cm³/mol. The van der Waals surface area contributed by atoms with Crippen molar-refractivity contribution >= 4 is 32.6 Å². The third-order valence-electron chi connectivity index (χ3n) is 6.27. The highest BCUT2D eigenvalue weighted by Gasteiger charge is 2.21. The Balaban J connectivity index is 1.62. The number of carbonyl (C=O) groups excluding carboxylic acids is 1. The molecule has 3 rings (SSSR count). The number of hydrogen-bond acceptors (Lipinski definition) is 5. The zero-order valence-corrected chi connectivity index (χ0v) is 20.2. The first kappa shape index (κ1) is 23.7. The van der Waals surface area contributed by atoms with Crippen LogP contribution < -0.4 is 16.2 Å². The van der Waals surface area contributed by atoms with Gasteiger partial charge in [-0.2, -0.15) is 0 Å². The minimum atomic E-state index is -0.221. The topological polar surface area (TPSA) is 79.3 Å². The Kier molecular flexibility index (Phi) is 8.49. The summed E-state index contributed by atoms with van der Waals surface area (Å²) in [6, 6.07) is -0.221. The maximum absolute atomic E-state index is 13.1. The average Bonchev–Trinajstić information content (AvgIpc) is 2.92.